The zero-order chi connectivity index (χ0) is 34.9. The number of hydrogen-bond acceptors (Lipinski definition) is 11. The highest BCUT2D eigenvalue weighted by molar-refractivity contribution is 6.22. The number of amides is 1. The van der Waals surface area contributed by atoms with Gasteiger partial charge in [0.2, 0.25) is 5.78 Å². The van der Waals surface area contributed by atoms with Crippen molar-refractivity contribution in [2.75, 3.05) is 50.1 Å². The van der Waals surface area contributed by atoms with Crippen LogP contribution in [-0.2, 0) is 27.3 Å². The van der Waals surface area contributed by atoms with Crippen molar-refractivity contribution < 1.29 is 43.6 Å². The Labute approximate surface area is 281 Å². The Balaban J connectivity index is 1.20. The van der Waals surface area contributed by atoms with Gasteiger partial charge in [-0.15, -0.1) is 0 Å². The molecule has 0 bridgehead atoms. The molecule has 0 unspecified atom stereocenters. The number of aliphatic hydroxyl groups excluding tert-OH is 2. The van der Waals surface area contributed by atoms with Crippen LogP contribution in [0.15, 0.2) is 63.8 Å². The first-order valence-corrected chi connectivity index (χ1v) is 16.2. The normalized spacial score (nSPS) is 24.1. The summed E-state index contributed by atoms with van der Waals surface area (Å²) >= 11 is 0. The van der Waals surface area contributed by atoms with Crippen molar-refractivity contribution in [1.29, 1.82) is 0 Å². The molecule has 6 N–H and O–H groups in total. The van der Waals surface area contributed by atoms with Gasteiger partial charge in [-0.05, 0) is 54.7 Å². The lowest BCUT2D eigenvalue weighted by atomic mass is 9.59. The van der Waals surface area contributed by atoms with Crippen molar-refractivity contribution >= 4 is 34.6 Å². The van der Waals surface area contributed by atoms with Gasteiger partial charge in [-0.2, -0.15) is 0 Å². The van der Waals surface area contributed by atoms with Crippen molar-refractivity contribution in [1.82, 2.24) is 4.90 Å². The standard InChI is InChI=1S/C36H37FN4O8/c1-39(2)25-16-22(27-8-7-20(49-27)17-40-9-11-41(12-10-40)24-6-4-3-5-23(24)37)31(43)29-21(25)14-18-13-19-15-26(42)30(35(38)47)34(46)36(19,48)33(45)28(18)32(29)44/h3-8,16,18-19,43-44,46,48H,9-15,17H2,1-2H3,(H2,38,47)/t18-,19+,36+/m1/s1. The van der Waals surface area contributed by atoms with E-state index < -0.39 is 52.0 Å². The second-order valence-corrected chi connectivity index (χ2v) is 13.4. The maximum absolute atomic E-state index is 14.3. The molecule has 7 rings (SSSR count). The molecule has 49 heavy (non-hydrogen) atoms. The van der Waals surface area contributed by atoms with Gasteiger partial charge in [-0.1, -0.05) is 12.1 Å². The van der Waals surface area contributed by atoms with Gasteiger partial charge < -0.3 is 40.4 Å². The number of hydrogen-bond donors (Lipinski definition) is 5. The van der Waals surface area contributed by atoms with Crippen LogP contribution in [0.3, 0.4) is 0 Å². The first-order chi connectivity index (χ1) is 23.3. The predicted molar refractivity (Wildman–Crippen MR) is 177 cm³/mol. The summed E-state index contributed by atoms with van der Waals surface area (Å²) < 4.78 is 20.5. The third kappa shape index (κ3) is 5.06. The number of anilines is 2. The van der Waals surface area contributed by atoms with Gasteiger partial charge in [0.05, 0.1) is 23.4 Å². The van der Waals surface area contributed by atoms with Crippen LogP contribution >= 0.6 is 0 Å². The van der Waals surface area contributed by atoms with Crippen molar-refractivity contribution in [3.05, 3.63) is 82.1 Å². The van der Waals surface area contributed by atoms with E-state index in [1.807, 2.05) is 15.9 Å². The molecule has 1 amide bonds. The lowest BCUT2D eigenvalue weighted by Gasteiger charge is -2.46. The van der Waals surface area contributed by atoms with E-state index in [-0.39, 0.29) is 47.5 Å². The quantitative estimate of drug-likeness (QED) is 0.243. The summed E-state index contributed by atoms with van der Waals surface area (Å²) in [6.45, 7) is 3.13. The topological polar surface area (TPSA) is 181 Å². The molecule has 1 aromatic heterocycles. The van der Waals surface area contributed by atoms with Crippen LogP contribution < -0.4 is 15.5 Å². The van der Waals surface area contributed by atoms with E-state index in [2.05, 4.69) is 4.90 Å². The van der Waals surface area contributed by atoms with Crippen LogP contribution in [0.5, 0.6) is 5.75 Å². The number of carbonyl (C=O) groups is 3. The van der Waals surface area contributed by atoms with E-state index in [0.29, 0.717) is 61.2 Å². The Hall–Kier alpha value is -5.14. The van der Waals surface area contributed by atoms with Gasteiger partial charge in [-0.25, -0.2) is 4.39 Å². The highest BCUT2D eigenvalue weighted by Gasteiger charge is 2.60. The number of fused-ring (bicyclic) bond motifs is 3. The number of nitrogens with two attached hydrogens (primary N) is 1. The third-order valence-electron chi connectivity index (χ3n) is 10.4. The summed E-state index contributed by atoms with van der Waals surface area (Å²) in [5, 5.41) is 45.8. The van der Waals surface area contributed by atoms with Gasteiger partial charge in [0, 0.05) is 63.9 Å². The highest BCUT2D eigenvalue weighted by Crippen LogP contribution is 2.54. The molecule has 3 atom stereocenters. The molecule has 3 aromatic rings. The SMILES string of the molecule is CN(C)c1cc(-c2ccc(CN3CCN(c4ccccc4F)CC3)o2)c(O)c2c1C[C@H]1C[C@H]3CC(=O)C(C(N)=O)=C(O)[C@@]3(O)C(=O)C1=C2O. The molecule has 2 fully saturated rings. The predicted octanol–water partition coefficient (Wildman–Crippen LogP) is 3.21. The van der Waals surface area contributed by atoms with Gasteiger partial charge in [-0.3, -0.25) is 19.3 Å². The maximum Gasteiger partial charge on any atom is 0.255 e. The number of nitrogens with zero attached hydrogens (tertiary/aromatic N) is 3. The number of para-hydroxylation sites is 1. The number of primary amides is 1. The number of aliphatic hydroxyl groups is 3. The molecule has 2 heterocycles. The number of furan rings is 1. The number of carbonyl (C=O) groups excluding carboxylic acids is 3. The summed E-state index contributed by atoms with van der Waals surface area (Å²) in [7, 11) is 3.61. The van der Waals surface area contributed by atoms with Gasteiger partial charge >= 0.3 is 0 Å². The summed E-state index contributed by atoms with van der Waals surface area (Å²) in [5.41, 5.74) is 3.68. The maximum atomic E-state index is 14.3. The molecule has 4 aliphatic rings. The fourth-order valence-corrected chi connectivity index (χ4v) is 7.94. The van der Waals surface area contributed by atoms with E-state index >= 15 is 0 Å². The first-order valence-electron chi connectivity index (χ1n) is 16.2. The molecule has 12 nitrogen and oxygen atoms in total. The van der Waals surface area contributed by atoms with Crippen LogP contribution in [0.4, 0.5) is 15.8 Å². The minimum absolute atomic E-state index is 0.00412. The zero-order valence-electron chi connectivity index (χ0n) is 27.1. The molecule has 0 radical (unpaired) electrons. The van der Waals surface area contributed by atoms with Crippen molar-refractivity contribution in [2.45, 2.75) is 31.4 Å². The first kappa shape index (κ1) is 32.4. The Bertz CT molecular complexity index is 1970. The Morgan fingerprint density at radius 3 is 2.45 bits per heavy atom. The fourth-order valence-electron chi connectivity index (χ4n) is 7.94. The van der Waals surface area contributed by atoms with Crippen LogP contribution in [0.1, 0.15) is 29.7 Å². The molecular formula is C36H37FN4O8. The number of piperazine rings is 1. The summed E-state index contributed by atoms with van der Waals surface area (Å²) in [6, 6.07) is 12.0. The second kappa shape index (κ2) is 11.8. The number of ketones is 2. The fraction of sp³-hybridized carbons (Fsp3) is 0.361. The van der Waals surface area contributed by atoms with E-state index in [0.717, 1.165) is 0 Å². The van der Waals surface area contributed by atoms with E-state index in [4.69, 9.17) is 10.2 Å². The zero-order valence-corrected chi connectivity index (χ0v) is 27.1. The number of aromatic hydroxyl groups is 1. The number of phenols is 1. The number of phenolic OH excluding ortho intramolecular Hbond substituents is 1. The van der Waals surface area contributed by atoms with E-state index in [9.17, 15) is 39.2 Å². The van der Waals surface area contributed by atoms with Crippen molar-refractivity contribution in [2.24, 2.45) is 17.6 Å². The van der Waals surface area contributed by atoms with Crippen LogP contribution in [-0.4, -0.2) is 88.7 Å². The largest absolute Gasteiger partial charge is 0.508 e. The van der Waals surface area contributed by atoms with E-state index in [1.54, 1.807) is 44.4 Å². The van der Waals surface area contributed by atoms with Crippen LogP contribution in [0.2, 0.25) is 0 Å². The van der Waals surface area contributed by atoms with E-state index in [1.165, 1.54) is 6.07 Å². The van der Waals surface area contributed by atoms with Gasteiger partial charge in [0.1, 0.15) is 40.2 Å². The Morgan fingerprint density at radius 2 is 1.78 bits per heavy atom. The smallest absolute Gasteiger partial charge is 0.255 e. The number of benzene rings is 2. The molecular weight excluding hydrogens is 635 g/mol. The van der Waals surface area contributed by atoms with Crippen molar-refractivity contribution in [3.63, 3.8) is 0 Å². The summed E-state index contributed by atoms with van der Waals surface area (Å²) in [4.78, 5) is 44.6. The molecule has 0 spiro atoms. The molecule has 3 aliphatic carbocycles. The molecule has 2 aromatic carbocycles. The Morgan fingerprint density at radius 1 is 1.06 bits per heavy atom. The van der Waals surface area contributed by atoms with Gasteiger partial charge in [0.15, 0.2) is 11.4 Å². The molecule has 1 aliphatic heterocycles. The molecule has 1 saturated heterocycles. The lowest BCUT2D eigenvalue weighted by Crippen LogP contribution is -2.58. The number of rotatable bonds is 6. The average molecular weight is 673 g/mol. The summed E-state index contributed by atoms with van der Waals surface area (Å²) in [6.07, 6.45) is -0.138. The second-order valence-electron chi connectivity index (χ2n) is 13.4. The average Bonchev–Trinajstić information content (AvgIpc) is 3.51. The number of halogens is 1. The minimum atomic E-state index is -2.64. The van der Waals surface area contributed by atoms with Crippen molar-refractivity contribution in [3.8, 4) is 17.1 Å². The minimum Gasteiger partial charge on any atom is -0.508 e. The summed E-state index contributed by atoms with van der Waals surface area (Å²) in [5.74, 6) is -6.06. The Kier molecular flexibility index (Phi) is 7.79. The third-order valence-corrected chi connectivity index (χ3v) is 10.4. The lowest BCUT2D eigenvalue weighted by molar-refractivity contribution is -0.147. The number of Topliss-reactive ketones (excluding diaryl/α,β-unsaturated/α-hetero) is 2. The molecule has 256 valence electrons. The highest BCUT2D eigenvalue weighted by atomic mass is 19.1. The molecule has 1 saturated carbocycles. The van der Waals surface area contributed by atoms with Crippen LogP contribution in [0.25, 0.3) is 17.1 Å². The van der Waals surface area contributed by atoms with Crippen LogP contribution in [0, 0.1) is 17.7 Å². The monoisotopic (exact) mass is 672 g/mol. The molecule has 13 heteroatoms. The van der Waals surface area contributed by atoms with Gasteiger partial charge in [0.25, 0.3) is 5.91 Å².